The molecule has 0 aromatic carbocycles. The summed E-state index contributed by atoms with van der Waals surface area (Å²) in [5.41, 5.74) is 0. The minimum absolute atomic E-state index is 0.0605. The standard InChI is InChI=1S/C17H21N3O4S2/c1-11(2)17-19-16(10-20(17)3)26(22,23)18-9-12(21)13-6-7-14(24-13)15-5-4-8-25-15/h4-8,10-12,18,21H,9H2,1-3H3. The average molecular weight is 396 g/mol. The van der Waals surface area contributed by atoms with Gasteiger partial charge in [-0.3, -0.25) is 0 Å². The number of furan rings is 1. The number of nitrogens with zero attached hydrogens (tertiary/aromatic N) is 2. The third kappa shape index (κ3) is 3.90. The van der Waals surface area contributed by atoms with Crippen LogP contribution in [0.1, 0.15) is 37.5 Å². The van der Waals surface area contributed by atoms with Gasteiger partial charge in [-0.25, -0.2) is 18.1 Å². The van der Waals surface area contributed by atoms with E-state index in [2.05, 4.69) is 9.71 Å². The molecule has 0 aliphatic heterocycles. The fraction of sp³-hybridized carbons (Fsp3) is 0.353. The van der Waals surface area contributed by atoms with Crippen LogP contribution < -0.4 is 4.72 Å². The Bertz CT molecular complexity index is 972. The maximum absolute atomic E-state index is 12.4. The van der Waals surface area contributed by atoms with Crippen LogP contribution in [-0.4, -0.2) is 29.6 Å². The Balaban J connectivity index is 1.68. The Morgan fingerprint density at radius 2 is 2.12 bits per heavy atom. The number of hydrogen-bond acceptors (Lipinski definition) is 6. The fourth-order valence-corrected chi connectivity index (χ4v) is 4.29. The monoisotopic (exact) mass is 395 g/mol. The first-order valence-corrected chi connectivity index (χ1v) is 10.5. The smallest absolute Gasteiger partial charge is 0.259 e. The van der Waals surface area contributed by atoms with E-state index in [1.54, 1.807) is 23.7 Å². The summed E-state index contributed by atoms with van der Waals surface area (Å²) in [6, 6.07) is 7.22. The number of aromatic nitrogens is 2. The second kappa shape index (κ2) is 7.36. The summed E-state index contributed by atoms with van der Waals surface area (Å²) in [7, 11) is -2.06. The van der Waals surface area contributed by atoms with E-state index in [9.17, 15) is 13.5 Å². The van der Waals surface area contributed by atoms with Crippen molar-refractivity contribution in [2.45, 2.75) is 30.9 Å². The molecule has 0 bridgehead atoms. The van der Waals surface area contributed by atoms with Crippen LogP contribution in [0.5, 0.6) is 0 Å². The SMILES string of the molecule is CC(C)c1nc(S(=O)(=O)NCC(O)c2ccc(-c3cccs3)o2)cn1C. The number of hydrogen-bond donors (Lipinski definition) is 2. The van der Waals surface area contributed by atoms with Gasteiger partial charge in [-0.05, 0) is 23.6 Å². The second-order valence-corrected chi connectivity index (χ2v) is 8.91. The van der Waals surface area contributed by atoms with Crippen LogP contribution in [0.2, 0.25) is 0 Å². The topological polar surface area (TPSA) is 97.4 Å². The number of aliphatic hydroxyl groups excluding tert-OH is 1. The summed E-state index contributed by atoms with van der Waals surface area (Å²) in [6.07, 6.45) is 0.373. The zero-order valence-electron chi connectivity index (χ0n) is 14.7. The summed E-state index contributed by atoms with van der Waals surface area (Å²) in [5.74, 6) is 1.73. The quantitative estimate of drug-likeness (QED) is 0.641. The molecule has 9 heteroatoms. The number of aliphatic hydroxyl groups is 1. The van der Waals surface area contributed by atoms with E-state index in [1.807, 2.05) is 31.4 Å². The number of rotatable bonds is 7. The van der Waals surface area contributed by atoms with Crippen molar-refractivity contribution >= 4 is 21.4 Å². The molecule has 7 nitrogen and oxygen atoms in total. The highest BCUT2D eigenvalue weighted by molar-refractivity contribution is 7.89. The Kier molecular flexibility index (Phi) is 5.33. The van der Waals surface area contributed by atoms with E-state index < -0.39 is 16.1 Å². The van der Waals surface area contributed by atoms with Crippen LogP contribution in [-0.2, 0) is 17.1 Å². The normalized spacial score (nSPS) is 13.4. The molecule has 0 saturated carbocycles. The molecule has 0 radical (unpaired) electrons. The van der Waals surface area contributed by atoms with E-state index in [4.69, 9.17) is 4.42 Å². The maximum atomic E-state index is 12.4. The predicted octanol–water partition coefficient (Wildman–Crippen LogP) is 2.88. The van der Waals surface area contributed by atoms with Gasteiger partial charge < -0.3 is 14.1 Å². The van der Waals surface area contributed by atoms with Crippen LogP contribution in [0.15, 0.2) is 45.3 Å². The third-order valence-electron chi connectivity index (χ3n) is 3.87. The maximum Gasteiger partial charge on any atom is 0.259 e. The zero-order chi connectivity index (χ0) is 18.9. The minimum atomic E-state index is -3.82. The molecule has 1 unspecified atom stereocenters. The number of aryl methyl sites for hydroxylation is 1. The summed E-state index contributed by atoms with van der Waals surface area (Å²) < 4.78 is 34.5. The van der Waals surface area contributed by atoms with Crippen molar-refractivity contribution in [1.29, 1.82) is 0 Å². The van der Waals surface area contributed by atoms with Crippen molar-refractivity contribution in [3.05, 3.63) is 47.4 Å². The number of thiophene rings is 1. The summed E-state index contributed by atoms with van der Waals surface area (Å²) in [4.78, 5) is 5.12. The molecule has 3 aromatic heterocycles. The number of nitrogens with one attached hydrogen (secondary N) is 1. The van der Waals surface area contributed by atoms with Crippen molar-refractivity contribution in [3.63, 3.8) is 0 Å². The first-order valence-electron chi connectivity index (χ1n) is 8.12. The Morgan fingerprint density at radius 1 is 1.35 bits per heavy atom. The second-order valence-electron chi connectivity index (χ2n) is 6.25. The molecule has 3 heterocycles. The van der Waals surface area contributed by atoms with Gasteiger partial charge >= 0.3 is 0 Å². The minimum Gasteiger partial charge on any atom is -0.457 e. The highest BCUT2D eigenvalue weighted by atomic mass is 32.2. The lowest BCUT2D eigenvalue weighted by molar-refractivity contribution is 0.155. The molecule has 0 spiro atoms. The summed E-state index contributed by atoms with van der Waals surface area (Å²) in [5, 5.41) is 12.1. The van der Waals surface area contributed by atoms with Crippen LogP contribution in [0.3, 0.4) is 0 Å². The van der Waals surface area contributed by atoms with Gasteiger partial charge in [0.1, 0.15) is 23.4 Å². The van der Waals surface area contributed by atoms with Crippen LogP contribution in [0.25, 0.3) is 10.6 Å². The zero-order valence-corrected chi connectivity index (χ0v) is 16.3. The highest BCUT2D eigenvalue weighted by Crippen LogP contribution is 2.28. The van der Waals surface area contributed by atoms with Crippen molar-refractivity contribution in [3.8, 4) is 10.6 Å². The lowest BCUT2D eigenvalue weighted by Crippen LogP contribution is -2.28. The molecule has 1 atom stereocenters. The van der Waals surface area contributed by atoms with Gasteiger partial charge in [-0.2, -0.15) is 0 Å². The van der Waals surface area contributed by atoms with Gasteiger partial charge in [0.25, 0.3) is 10.0 Å². The number of imidazole rings is 1. The first-order chi connectivity index (χ1) is 12.3. The molecule has 2 N–H and O–H groups in total. The van der Waals surface area contributed by atoms with Gasteiger partial charge in [0.05, 0.1) is 4.88 Å². The highest BCUT2D eigenvalue weighted by Gasteiger charge is 2.23. The van der Waals surface area contributed by atoms with Crippen molar-refractivity contribution in [2.75, 3.05) is 6.54 Å². The summed E-state index contributed by atoms with van der Waals surface area (Å²) >= 11 is 1.52. The lowest BCUT2D eigenvalue weighted by Gasteiger charge is -2.09. The van der Waals surface area contributed by atoms with Crippen molar-refractivity contribution in [2.24, 2.45) is 7.05 Å². The fourth-order valence-electron chi connectivity index (χ4n) is 2.56. The molecule has 3 aromatic rings. The van der Waals surface area contributed by atoms with E-state index in [0.717, 1.165) is 4.88 Å². The van der Waals surface area contributed by atoms with Gasteiger partial charge in [0, 0.05) is 25.7 Å². The van der Waals surface area contributed by atoms with Crippen molar-refractivity contribution in [1.82, 2.24) is 14.3 Å². The number of sulfonamides is 1. The molecule has 0 saturated heterocycles. The van der Waals surface area contributed by atoms with E-state index in [-0.39, 0.29) is 17.5 Å². The van der Waals surface area contributed by atoms with E-state index >= 15 is 0 Å². The van der Waals surface area contributed by atoms with E-state index in [1.165, 1.54) is 17.5 Å². The van der Waals surface area contributed by atoms with E-state index in [0.29, 0.717) is 17.3 Å². The lowest BCUT2D eigenvalue weighted by atomic mass is 10.2. The molecular formula is C17H21N3O4S2. The van der Waals surface area contributed by atoms with Gasteiger partial charge in [-0.15, -0.1) is 11.3 Å². The Hall–Kier alpha value is -1.94. The molecule has 0 fully saturated rings. The van der Waals surface area contributed by atoms with Crippen LogP contribution in [0, 0.1) is 0 Å². The molecule has 26 heavy (non-hydrogen) atoms. The van der Waals surface area contributed by atoms with Crippen LogP contribution >= 0.6 is 11.3 Å². The molecule has 0 amide bonds. The van der Waals surface area contributed by atoms with Gasteiger partial charge in [0.15, 0.2) is 5.03 Å². The molecule has 3 rings (SSSR count). The molecular weight excluding hydrogens is 374 g/mol. The predicted molar refractivity (Wildman–Crippen MR) is 99.5 cm³/mol. The van der Waals surface area contributed by atoms with Crippen molar-refractivity contribution < 1.29 is 17.9 Å². The third-order valence-corrected chi connectivity index (χ3v) is 6.05. The Labute approximate surface area is 156 Å². The largest absolute Gasteiger partial charge is 0.457 e. The summed E-state index contributed by atoms with van der Waals surface area (Å²) in [6.45, 7) is 3.68. The molecule has 140 valence electrons. The molecule has 0 aliphatic rings. The first kappa shape index (κ1) is 18.8. The molecule has 0 aliphatic carbocycles. The van der Waals surface area contributed by atoms with Gasteiger partial charge in [-0.1, -0.05) is 19.9 Å². The van der Waals surface area contributed by atoms with Gasteiger partial charge in [0.2, 0.25) is 0 Å². The Morgan fingerprint density at radius 3 is 2.73 bits per heavy atom. The van der Waals surface area contributed by atoms with Crippen LogP contribution in [0.4, 0.5) is 0 Å². The average Bonchev–Trinajstić information content (AvgIpc) is 3.31.